The van der Waals surface area contributed by atoms with Gasteiger partial charge in [0.25, 0.3) is 0 Å². The van der Waals surface area contributed by atoms with Crippen molar-refractivity contribution in [3.8, 4) is 22.3 Å². The quantitative estimate of drug-likeness (QED) is 0.134. The number of hydrogen-bond donors (Lipinski definition) is 0. The molecule has 8 aromatic rings. The van der Waals surface area contributed by atoms with Crippen LogP contribution in [0.1, 0.15) is 53.6 Å². The van der Waals surface area contributed by atoms with E-state index in [9.17, 15) is 0 Å². The van der Waals surface area contributed by atoms with Crippen molar-refractivity contribution in [2.24, 2.45) is 0 Å². The Bertz CT molecular complexity index is 3000. The van der Waals surface area contributed by atoms with Crippen molar-refractivity contribution < 1.29 is 4.39 Å². The van der Waals surface area contributed by atoms with Gasteiger partial charge in [0.05, 0.1) is 11.2 Å². The normalized spacial score (nSPS) is 15.0. The molecule has 0 aliphatic heterocycles. The van der Waals surface area contributed by atoms with Gasteiger partial charge in [-0.3, -0.25) is 0 Å². The summed E-state index contributed by atoms with van der Waals surface area (Å²) in [6, 6.07) is 43.4. The summed E-state index contributed by atoms with van der Waals surface area (Å²) in [6.07, 6.45) is 14.6. The zero-order valence-electron chi connectivity index (χ0n) is 29.4. The number of benzene rings is 7. The van der Waals surface area contributed by atoms with Crippen molar-refractivity contribution in [3.05, 3.63) is 172 Å². The summed E-state index contributed by atoms with van der Waals surface area (Å²) in [4.78, 5) is 5.69. The first-order chi connectivity index (χ1) is 26.2. The first-order valence-corrected chi connectivity index (χ1v) is 19.0. The van der Waals surface area contributed by atoms with Crippen molar-refractivity contribution >= 4 is 66.8 Å². The van der Waals surface area contributed by atoms with E-state index in [1.807, 2.05) is 18.2 Å². The molecule has 0 spiro atoms. The molecule has 1 aromatic heterocycles. The van der Waals surface area contributed by atoms with E-state index < -0.39 is 0 Å². The van der Waals surface area contributed by atoms with Crippen LogP contribution in [0.15, 0.2) is 133 Å². The van der Waals surface area contributed by atoms with Crippen molar-refractivity contribution in [3.63, 3.8) is 0 Å². The zero-order valence-corrected chi connectivity index (χ0v) is 29.4. The maximum absolute atomic E-state index is 15.4. The number of fused-ring (bicyclic) bond motifs is 11. The van der Waals surface area contributed by atoms with Gasteiger partial charge in [0, 0.05) is 27.8 Å². The lowest BCUT2D eigenvalue weighted by molar-refractivity contribution is 0.693. The highest BCUT2D eigenvalue weighted by Crippen LogP contribution is 2.47. The molecule has 0 saturated carbocycles. The van der Waals surface area contributed by atoms with Gasteiger partial charge in [-0.1, -0.05) is 140 Å². The molecule has 0 radical (unpaired) electrons. The smallest absolute Gasteiger partial charge is 0.108 e. The summed E-state index contributed by atoms with van der Waals surface area (Å²) < 4.78 is 15.4. The van der Waals surface area contributed by atoms with E-state index in [1.54, 1.807) is 0 Å². The fraction of sp³-hybridized carbons (Fsp3) is 0.118. The van der Waals surface area contributed by atoms with Crippen LogP contribution in [0.3, 0.4) is 0 Å². The highest BCUT2D eigenvalue weighted by molar-refractivity contribution is 6.23. The monoisotopic (exact) mass is 681 g/mol. The van der Waals surface area contributed by atoms with Crippen LogP contribution in [0.25, 0.3) is 89.0 Å². The van der Waals surface area contributed by atoms with E-state index in [1.165, 1.54) is 76.6 Å². The second-order valence-corrected chi connectivity index (χ2v) is 14.7. The van der Waals surface area contributed by atoms with E-state index in [4.69, 9.17) is 4.98 Å². The number of nitrogens with zero attached hydrogens (tertiary/aromatic N) is 1. The molecule has 0 N–H and O–H groups in total. The number of rotatable bonds is 3. The number of pyridine rings is 1. The number of allylic oxidation sites excluding steroid dienone is 2. The zero-order chi connectivity index (χ0) is 35.0. The van der Waals surface area contributed by atoms with Crippen LogP contribution in [0, 0.1) is 0 Å². The van der Waals surface area contributed by atoms with Gasteiger partial charge in [-0.05, 0) is 115 Å². The molecule has 0 fully saturated rings. The van der Waals surface area contributed by atoms with E-state index >= 15 is 4.39 Å². The van der Waals surface area contributed by atoms with Crippen LogP contribution in [-0.4, -0.2) is 4.98 Å². The highest BCUT2D eigenvalue weighted by Gasteiger charge is 2.27. The molecule has 1 nitrogen and oxygen atoms in total. The second kappa shape index (κ2) is 12.0. The Morgan fingerprint density at radius 3 is 1.70 bits per heavy atom. The lowest BCUT2D eigenvalue weighted by atomic mass is 9.78. The maximum atomic E-state index is 15.4. The Balaban J connectivity index is 1.29. The SMILES string of the molecule is FC1=c2ccccc2=C(c2nc3cc(-c4c5ccccc5c(-c5ccccc5)c5ccccc45)ccc3c3c4c(c5c(c23)C=CCC5)CCC=C4)CC1. The van der Waals surface area contributed by atoms with Gasteiger partial charge in [0.1, 0.15) is 5.83 Å². The third-order valence-electron chi connectivity index (χ3n) is 11.9. The van der Waals surface area contributed by atoms with Crippen molar-refractivity contribution in [2.45, 2.75) is 38.5 Å². The summed E-state index contributed by atoms with van der Waals surface area (Å²) in [5.74, 6) is -0.0309. The van der Waals surface area contributed by atoms with Gasteiger partial charge in [-0.15, -0.1) is 0 Å². The summed E-state index contributed by atoms with van der Waals surface area (Å²) >= 11 is 0. The van der Waals surface area contributed by atoms with Crippen LogP contribution in [0.4, 0.5) is 4.39 Å². The summed E-state index contributed by atoms with van der Waals surface area (Å²) in [5, 5.41) is 10.3. The van der Waals surface area contributed by atoms with Gasteiger partial charge in [0.15, 0.2) is 0 Å². The lowest BCUT2D eigenvalue weighted by Crippen LogP contribution is -2.31. The molecule has 7 aromatic carbocycles. The highest BCUT2D eigenvalue weighted by atomic mass is 19.1. The van der Waals surface area contributed by atoms with E-state index in [2.05, 4.69) is 127 Å². The minimum atomic E-state index is -0.0309. The molecular formula is C51H36FN. The number of aromatic nitrogens is 1. The molecule has 3 aliphatic carbocycles. The van der Waals surface area contributed by atoms with Crippen molar-refractivity contribution in [1.29, 1.82) is 0 Å². The average Bonchev–Trinajstić information content (AvgIpc) is 3.22. The lowest BCUT2D eigenvalue weighted by Gasteiger charge is -2.27. The third kappa shape index (κ3) is 4.58. The minimum Gasteiger partial charge on any atom is -0.247 e. The minimum absolute atomic E-state index is 0.0309. The van der Waals surface area contributed by atoms with E-state index in [0.29, 0.717) is 18.1 Å². The topological polar surface area (TPSA) is 12.9 Å². The predicted molar refractivity (Wildman–Crippen MR) is 222 cm³/mol. The van der Waals surface area contributed by atoms with Crippen LogP contribution < -0.4 is 10.4 Å². The summed E-state index contributed by atoms with van der Waals surface area (Å²) in [6.45, 7) is 0. The Morgan fingerprint density at radius 2 is 1.04 bits per heavy atom. The fourth-order valence-corrected chi connectivity index (χ4v) is 9.69. The Labute approximate surface area is 307 Å². The van der Waals surface area contributed by atoms with Crippen LogP contribution in [0.2, 0.25) is 0 Å². The molecule has 0 unspecified atom stereocenters. The molecule has 2 heteroatoms. The summed E-state index contributed by atoms with van der Waals surface area (Å²) in [7, 11) is 0. The standard InChI is InChI=1S/C51H36FN/c52-45-29-28-43(35-18-4-7-19-36(35)45)51-50-38-21-9-6-17-34(38)33-16-5-8-20-37(33)49(50)44-27-26-32(30-46(44)53-51)48-41-24-12-10-22-39(41)47(31-14-2-1-3-15-31)40-23-11-13-25-42(40)48/h1-4,7-15,18-27,30H,5-6,16-17,28-29H2. The summed E-state index contributed by atoms with van der Waals surface area (Å²) in [5.41, 5.74) is 13.6. The number of hydrogen-bond acceptors (Lipinski definition) is 1. The predicted octanol–water partition coefficient (Wildman–Crippen LogP) is 12.0. The first kappa shape index (κ1) is 30.5. The molecule has 252 valence electrons. The van der Waals surface area contributed by atoms with Gasteiger partial charge in [-0.25, -0.2) is 9.37 Å². The maximum Gasteiger partial charge on any atom is 0.108 e. The molecule has 53 heavy (non-hydrogen) atoms. The van der Waals surface area contributed by atoms with Gasteiger partial charge in [-0.2, -0.15) is 0 Å². The Morgan fingerprint density at radius 1 is 0.472 bits per heavy atom. The molecule has 0 saturated heterocycles. The van der Waals surface area contributed by atoms with Gasteiger partial charge < -0.3 is 0 Å². The van der Waals surface area contributed by atoms with Crippen molar-refractivity contribution in [1.82, 2.24) is 4.98 Å². The largest absolute Gasteiger partial charge is 0.247 e. The van der Waals surface area contributed by atoms with Crippen molar-refractivity contribution in [2.75, 3.05) is 0 Å². The third-order valence-corrected chi connectivity index (χ3v) is 11.9. The van der Waals surface area contributed by atoms with E-state index in [0.717, 1.165) is 53.2 Å². The molecule has 0 bridgehead atoms. The molecule has 3 aliphatic rings. The Hall–Kier alpha value is -6.12. The molecule has 1 heterocycles. The van der Waals surface area contributed by atoms with Crippen LogP contribution in [-0.2, 0) is 12.8 Å². The number of halogens is 1. The van der Waals surface area contributed by atoms with Crippen LogP contribution in [0.5, 0.6) is 0 Å². The first-order valence-electron chi connectivity index (χ1n) is 19.0. The molecule has 0 amide bonds. The van der Waals surface area contributed by atoms with Gasteiger partial charge >= 0.3 is 0 Å². The van der Waals surface area contributed by atoms with E-state index in [-0.39, 0.29) is 5.83 Å². The molecule has 11 rings (SSSR count). The molecular weight excluding hydrogens is 646 g/mol. The molecule has 0 atom stereocenters. The fourth-order valence-electron chi connectivity index (χ4n) is 9.69. The van der Waals surface area contributed by atoms with Crippen LogP contribution >= 0.6 is 0 Å². The Kier molecular flexibility index (Phi) is 6.89. The average molecular weight is 682 g/mol. The second-order valence-electron chi connectivity index (χ2n) is 14.7. The van der Waals surface area contributed by atoms with Gasteiger partial charge in [0.2, 0.25) is 0 Å².